The molecule has 1 saturated heterocycles. The molecule has 1 aromatic rings. The fourth-order valence-corrected chi connectivity index (χ4v) is 2.45. The number of nitrogens with zero attached hydrogens (tertiary/aromatic N) is 4. The second kappa shape index (κ2) is 8.05. The van der Waals surface area contributed by atoms with Crippen molar-refractivity contribution in [3.8, 4) is 0 Å². The van der Waals surface area contributed by atoms with Crippen molar-refractivity contribution < 1.29 is 8.95 Å². The van der Waals surface area contributed by atoms with E-state index in [1.165, 1.54) is 0 Å². The lowest BCUT2D eigenvalue weighted by molar-refractivity contribution is 0.122. The second-order valence-electron chi connectivity index (χ2n) is 4.39. The van der Waals surface area contributed by atoms with E-state index in [0.717, 1.165) is 13.1 Å². The Labute approximate surface area is 126 Å². The van der Waals surface area contributed by atoms with Gasteiger partial charge in [0.05, 0.1) is 13.2 Å². The molecular formula is C11H21N7O2S. The summed E-state index contributed by atoms with van der Waals surface area (Å²) in [6.45, 7) is 5.19. The van der Waals surface area contributed by atoms with Crippen molar-refractivity contribution in [2.45, 2.75) is 6.92 Å². The van der Waals surface area contributed by atoms with Crippen molar-refractivity contribution >= 4 is 28.6 Å². The van der Waals surface area contributed by atoms with E-state index in [4.69, 9.17) is 10.6 Å². The van der Waals surface area contributed by atoms with Crippen molar-refractivity contribution in [3.63, 3.8) is 0 Å². The molecule has 4 N–H and O–H groups in total. The lowest BCUT2D eigenvalue weighted by Crippen LogP contribution is -2.37. The lowest BCUT2D eigenvalue weighted by Gasteiger charge is -2.27. The molecule has 118 valence electrons. The Kier molecular flexibility index (Phi) is 6.08. The summed E-state index contributed by atoms with van der Waals surface area (Å²) in [6.07, 6.45) is 0. The predicted octanol–water partition coefficient (Wildman–Crippen LogP) is -0.826. The Balaban J connectivity index is 2.04. The predicted molar refractivity (Wildman–Crippen MR) is 82.7 cm³/mol. The maximum atomic E-state index is 11.4. The molecule has 2 heterocycles. The molecule has 0 bridgehead atoms. The first-order chi connectivity index (χ1) is 10.2. The van der Waals surface area contributed by atoms with Gasteiger partial charge in [-0.15, -0.1) is 0 Å². The summed E-state index contributed by atoms with van der Waals surface area (Å²) in [5.74, 6) is 7.87. The highest BCUT2D eigenvalue weighted by Crippen LogP contribution is 2.14. The third-order valence-corrected chi connectivity index (χ3v) is 4.28. The van der Waals surface area contributed by atoms with Crippen molar-refractivity contribution in [1.29, 1.82) is 0 Å². The number of hydrazine groups is 1. The molecular weight excluding hydrogens is 294 g/mol. The summed E-state index contributed by atoms with van der Waals surface area (Å²) in [5.41, 5.74) is 2.44. The van der Waals surface area contributed by atoms with Gasteiger partial charge in [-0.2, -0.15) is 15.0 Å². The molecule has 10 heteroatoms. The zero-order valence-corrected chi connectivity index (χ0v) is 12.9. The third-order valence-electron chi connectivity index (χ3n) is 2.98. The minimum atomic E-state index is -0.818. The number of ether oxygens (including phenoxy) is 1. The van der Waals surface area contributed by atoms with Crippen molar-refractivity contribution in [2.24, 2.45) is 5.84 Å². The number of anilines is 3. The number of aromatic nitrogens is 3. The standard InChI is InChI=1S/C11H21N7O2S/c1-2-21(19)8-3-13-9-14-10(17-12)16-11(15-9)18-4-6-20-7-5-18/h2-8,12H2,1H3,(H2,13,14,15,16,17). The molecule has 1 fully saturated rings. The maximum Gasteiger partial charge on any atom is 0.243 e. The Morgan fingerprint density at radius 1 is 1.29 bits per heavy atom. The van der Waals surface area contributed by atoms with Crippen LogP contribution in [-0.2, 0) is 15.5 Å². The van der Waals surface area contributed by atoms with Crippen LogP contribution < -0.4 is 21.5 Å². The highest BCUT2D eigenvalue weighted by atomic mass is 32.2. The minimum absolute atomic E-state index is 0.297. The van der Waals surface area contributed by atoms with E-state index in [1.807, 2.05) is 11.8 Å². The van der Waals surface area contributed by atoms with Gasteiger partial charge >= 0.3 is 0 Å². The maximum absolute atomic E-state index is 11.4. The molecule has 1 aliphatic rings. The van der Waals surface area contributed by atoms with Gasteiger partial charge in [-0.25, -0.2) is 5.84 Å². The minimum Gasteiger partial charge on any atom is -0.378 e. The van der Waals surface area contributed by atoms with Gasteiger partial charge in [0.1, 0.15) is 0 Å². The van der Waals surface area contributed by atoms with Gasteiger partial charge in [0.15, 0.2) is 0 Å². The molecule has 0 radical (unpaired) electrons. The lowest BCUT2D eigenvalue weighted by atomic mass is 10.4. The van der Waals surface area contributed by atoms with E-state index in [2.05, 4.69) is 25.7 Å². The molecule has 9 nitrogen and oxygen atoms in total. The molecule has 0 amide bonds. The first kappa shape index (κ1) is 15.9. The largest absolute Gasteiger partial charge is 0.378 e. The number of rotatable bonds is 7. The molecule has 0 spiro atoms. The number of morpholine rings is 1. The van der Waals surface area contributed by atoms with E-state index < -0.39 is 10.8 Å². The van der Waals surface area contributed by atoms with Crippen LogP contribution in [0.25, 0.3) is 0 Å². The van der Waals surface area contributed by atoms with Crippen LogP contribution in [0.1, 0.15) is 6.92 Å². The summed E-state index contributed by atoms with van der Waals surface area (Å²) >= 11 is 0. The highest BCUT2D eigenvalue weighted by molar-refractivity contribution is 7.84. The van der Waals surface area contributed by atoms with E-state index in [-0.39, 0.29) is 0 Å². The number of nitrogens with one attached hydrogen (secondary N) is 2. The first-order valence-electron chi connectivity index (χ1n) is 6.87. The van der Waals surface area contributed by atoms with Gasteiger partial charge < -0.3 is 15.0 Å². The van der Waals surface area contributed by atoms with Crippen molar-refractivity contribution in [2.75, 3.05) is 60.0 Å². The molecule has 1 aromatic heterocycles. The summed E-state index contributed by atoms with van der Waals surface area (Å²) in [6, 6.07) is 0. The first-order valence-corrected chi connectivity index (χ1v) is 8.36. The zero-order valence-electron chi connectivity index (χ0n) is 12.0. The topological polar surface area (TPSA) is 118 Å². The van der Waals surface area contributed by atoms with Crippen LogP contribution >= 0.6 is 0 Å². The Morgan fingerprint density at radius 2 is 2.00 bits per heavy atom. The van der Waals surface area contributed by atoms with Crippen molar-refractivity contribution in [1.82, 2.24) is 15.0 Å². The number of nitrogens with two attached hydrogens (primary N) is 1. The Bertz CT molecular complexity index is 482. The van der Waals surface area contributed by atoms with Gasteiger partial charge in [-0.3, -0.25) is 9.63 Å². The fourth-order valence-electron chi connectivity index (χ4n) is 1.83. The highest BCUT2D eigenvalue weighted by Gasteiger charge is 2.16. The summed E-state index contributed by atoms with van der Waals surface area (Å²) in [4.78, 5) is 14.8. The van der Waals surface area contributed by atoms with Crippen LogP contribution in [0, 0.1) is 0 Å². The number of nitrogen functional groups attached to an aromatic ring is 1. The molecule has 1 atom stereocenters. The normalized spacial score (nSPS) is 16.6. The van der Waals surface area contributed by atoms with E-state index >= 15 is 0 Å². The monoisotopic (exact) mass is 315 g/mol. The number of hydrogen-bond acceptors (Lipinski definition) is 9. The third kappa shape index (κ3) is 4.76. The van der Waals surface area contributed by atoms with Crippen LogP contribution in [0.3, 0.4) is 0 Å². The van der Waals surface area contributed by atoms with Gasteiger partial charge in [-0.05, 0) is 0 Å². The van der Waals surface area contributed by atoms with Gasteiger partial charge in [0.25, 0.3) is 0 Å². The summed E-state index contributed by atoms with van der Waals surface area (Å²) < 4.78 is 16.7. The summed E-state index contributed by atoms with van der Waals surface area (Å²) in [5, 5.41) is 3.06. The number of hydrogen-bond donors (Lipinski definition) is 3. The molecule has 1 aliphatic heterocycles. The average molecular weight is 315 g/mol. The van der Waals surface area contributed by atoms with Crippen LogP contribution in [0.15, 0.2) is 0 Å². The van der Waals surface area contributed by atoms with E-state index in [1.54, 1.807) is 0 Å². The van der Waals surface area contributed by atoms with Gasteiger partial charge in [0.2, 0.25) is 17.8 Å². The molecule has 21 heavy (non-hydrogen) atoms. The second-order valence-corrected chi connectivity index (χ2v) is 6.25. The van der Waals surface area contributed by atoms with E-state index in [9.17, 15) is 4.21 Å². The van der Waals surface area contributed by atoms with Crippen molar-refractivity contribution in [3.05, 3.63) is 0 Å². The molecule has 2 rings (SSSR count). The summed E-state index contributed by atoms with van der Waals surface area (Å²) in [7, 11) is -0.818. The van der Waals surface area contributed by atoms with E-state index in [0.29, 0.717) is 49.1 Å². The Hall–Kier alpha value is -1.52. The fraction of sp³-hybridized carbons (Fsp3) is 0.727. The molecule has 1 unspecified atom stereocenters. The quantitative estimate of drug-likeness (QED) is 0.438. The van der Waals surface area contributed by atoms with Crippen LogP contribution in [0.5, 0.6) is 0 Å². The van der Waals surface area contributed by atoms with Gasteiger partial charge in [-0.1, -0.05) is 6.92 Å². The Morgan fingerprint density at radius 3 is 2.67 bits per heavy atom. The SMILES string of the molecule is CCS(=O)CCNc1nc(NN)nc(N2CCOCC2)n1. The molecule has 0 aromatic carbocycles. The smallest absolute Gasteiger partial charge is 0.243 e. The van der Waals surface area contributed by atoms with Crippen LogP contribution in [-0.4, -0.2) is 63.5 Å². The molecule has 0 saturated carbocycles. The molecule has 0 aliphatic carbocycles. The average Bonchev–Trinajstić information content (AvgIpc) is 2.55. The zero-order chi connectivity index (χ0) is 15.1. The van der Waals surface area contributed by atoms with Crippen LogP contribution in [0.4, 0.5) is 17.8 Å². The van der Waals surface area contributed by atoms with Gasteiger partial charge in [0, 0.05) is 41.9 Å². The van der Waals surface area contributed by atoms with Crippen LogP contribution in [0.2, 0.25) is 0 Å².